The maximum absolute atomic E-state index is 12.8. The van der Waals surface area contributed by atoms with Crippen molar-refractivity contribution in [3.05, 3.63) is 59.9 Å². The number of piperazine rings is 1. The monoisotopic (exact) mass is 402 g/mol. The van der Waals surface area contributed by atoms with Crippen LogP contribution in [0, 0.1) is 0 Å². The molecule has 2 amide bonds. The Labute approximate surface area is 164 Å². The maximum atomic E-state index is 12.8. The molecule has 1 aliphatic heterocycles. The summed E-state index contributed by atoms with van der Waals surface area (Å²) in [6, 6.07) is 9.51. The van der Waals surface area contributed by atoms with Gasteiger partial charge in [0.15, 0.2) is 0 Å². The fraction of sp³-hybridized carbons (Fsp3) is 0.316. The molecule has 0 spiro atoms. The normalized spacial score (nSPS) is 15.2. The van der Waals surface area contributed by atoms with Crippen LogP contribution in [0.15, 0.2) is 53.7 Å². The molecule has 0 atom stereocenters. The Morgan fingerprint density at radius 3 is 2.32 bits per heavy atom. The van der Waals surface area contributed by atoms with E-state index in [1.54, 1.807) is 23.4 Å². The van der Waals surface area contributed by atoms with Crippen LogP contribution in [0.25, 0.3) is 0 Å². The van der Waals surface area contributed by atoms with Crippen LogP contribution in [0.3, 0.4) is 0 Å². The highest BCUT2D eigenvalue weighted by Gasteiger charge is 2.29. The van der Waals surface area contributed by atoms with Gasteiger partial charge in [0.25, 0.3) is 5.91 Å². The van der Waals surface area contributed by atoms with Gasteiger partial charge in [0.05, 0.1) is 4.90 Å². The highest BCUT2D eigenvalue weighted by molar-refractivity contribution is 7.89. The standard InChI is InChI=1S/C19H22N4O4S/c1-15(24)22-9-11-23(12-10-22)28(26,27)18-6-4-17(5-7-18)19(25)21-14-16-3-2-8-20-13-16/h2-8,13H,9-12,14H2,1H3,(H,21,25). The largest absolute Gasteiger partial charge is 0.348 e. The summed E-state index contributed by atoms with van der Waals surface area (Å²) < 4.78 is 26.9. The van der Waals surface area contributed by atoms with E-state index in [4.69, 9.17) is 0 Å². The molecule has 0 aliphatic carbocycles. The van der Waals surface area contributed by atoms with E-state index < -0.39 is 10.0 Å². The lowest BCUT2D eigenvalue weighted by Crippen LogP contribution is -2.49. The third-order valence-corrected chi connectivity index (χ3v) is 6.53. The summed E-state index contributed by atoms with van der Waals surface area (Å²) in [5.74, 6) is -0.346. The van der Waals surface area contributed by atoms with Gasteiger partial charge in [-0.1, -0.05) is 6.07 Å². The number of nitrogens with zero attached hydrogens (tertiary/aromatic N) is 3. The van der Waals surface area contributed by atoms with Crippen LogP contribution in [0.4, 0.5) is 0 Å². The quantitative estimate of drug-likeness (QED) is 0.800. The molecule has 148 valence electrons. The van der Waals surface area contributed by atoms with Crippen molar-refractivity contribution in [2.24, 2.45) is 0 Å². The number of benzene rings is 1. The third kappa shape index (κ3) is 4.55. The Morgan fingerprint density at radius 1 is 1.07 bits per heavy atom. The molecule has 0 bridgehead atoms. The molecular formula is C19H22N4O4S. The number of aromatic nitrogens is 1. The number of carbonyl (C=O) groups excluding carboxylic acids is 2. The lowest BCUT2D eigenvalue weighted by atomic mass is 10.2. The number of pyridine rings is 1. The van der Waals surface area contributed by atoms with E-state index in [2.05, 4.69) is 10.3 Å². The van der Waals surface area contributed by atoms with Crippen LogP contribution < -0.4 is 5.32 Å². The number of hydrogen-bond donors (Lipinski definition) is 1. The molecule has 2 aromatic rings. The van der Waals surface area contributed by atoms with Gasteiger partial charge in [-0.25, -0.2) is 8.42 Å². The molecular weight excluding hydrogens is 380 g/mol. The van der Waals surface area contributed by atoms with E-state index in [0.717, 1.165) is 5.56 Å². The van der Waals surface area contributed by atoms with Gasteiger partial charge in [-0.05, 0) is 35.9 Å². The van der Waals surface area contributed by atoms with Gasteiger partial charge in [-0.3, -0.25) is 14.6 Å². The second-order valence-electron chi connectivity index (χ2n) is 6.48. The van der Waals surface area contributed by atoms with Crippen LogP contribution in [-0.4, -0.2) is 60.6 Å². The number of amides is 2. The molecule has 1 aromatic carbocycles. The maximum Gasteiger partial charge on any atom is 0.251 e. The minimum absolute atomic E-state index is 0.0568. The predicted octanol–water partition coefficient (Wildman–Crippen LogP) is 0.864. The van der Waals surface area contributed by atoms with Crippen molar-refractivity contribution in [2.45, 2.75) is 18.4 Å². The molecule has 1 N–H and O–H groups in total. The molecule has 1 aromatic heterocycles. The van der Waals surface area contributed by atoms with Gasteiger partial charge in [-0.15, -0.1) is 0 Å². The number of sulfonamides is 1. The minimum Gasteiger partial charge on any atom is -0.348 e. The fourth-order valence-electron chi connectivity index (χ4n) is 2.96. The van der Waals surface area contributed by atoms with E-state index >= 15 is 0 Å². The Morgan fingerprint density at radius 2 is 1.75 bits per heavy atom. The summed E-state index contributed by atoms with van der Waals surface area (Å²) in [6.45, 7) is 3.09. The highest BCUT2D eigenvalue weighted by atomic mass is 32.2. The third-order valence-electron chi connectivity index (χ3n) is 4.61. The zero-order valence-electron chi connectivity index (χ0n) is 15.5. The van der Waals surface area contributed by atoms with E-state index in [1.165, 1.54) is 35.5 Å². The first-order chi connectivity index (χ1) is 13.4. The van der Waals surface area contributed by atoms with Crippen LogP contribution in [0.5, 0.6) is 0 Å². The fourth-order valence-corrected chi connectivity index (χ4v) is 4.38. The molecule has 2 heterocycles. The number of rotatable bonds is 5. The van der Waals surface area contributed by atoms with Crippen molar-refractivity contribution in [3.8, 4) is 0 Å². The first-order valence-corrected chi connectivity index (χ1v) is 10.3. The smallest absolute Gasteiger partial charge is 0.251 e. The molecule has 8 nitrogen and oxygen atoms in total. The molecule has 28 heavy (non-hydrogen) atoms. The molecule has 9 heteroatoms. The molecule has 0 unspecified atom stereocenters. The minimum atomic E-state index is -3.65. The Kier molecular flexibility index (Phi) is 6.05. The topological polar surface area (TPSA) is 99.7 Å². The van der Waals surface area contributed by atoms with Crippen LogP contribution in [0.2, 0.25) is 0 Å². The molecule has 3 rings (SSSR count). The molecule has 1 saturated heterocycles. The second kappa shape index (κ2) is 8.49. The Balaban J connectivity index is 1.63. The van der Waals surface area contributed by atoms with Gasteiger partial charge in [0.1, 0.15) is 0 Å². The highest BCUT2D eigenvalue weighted by Crippen LogP contribution is 2.18. The average Bonchev–Trinajstić information content (AvgIpc) is 2.73. The van der Waals surface area contributed by atoms with Crippen molar-refractivity contribution >= 4 is 21.8 Å². The summed E-state index contributed by atoms with van der Waals surface area (Å²) in [4.78, 5) is 29.4. The van der Waals surface area contributed by atoms with E-state index in [0.29, 0.717) is 25.2 Å². The Bertz CT molecular complexity index is 938. The van der Waals surface area contributed by atoms with Crippen LogP contribution >= 0.6 is 0 Å². The number of nitrogens with one attached hydrogen (secondary N) is 1. The van der Waals surface area contributed by atoms with Crippen molar-refractivity contribution in [1.82, 2.24) is 19.5 Å². The predicted molar refractivity (Wildman–Crippen MR) is 103 cm³/mol. The van der Waals surface area contributed by atoms with E-state index in [-0.39, 0.29) is 29.8 Å². The molecule has 0 radical (unpaired) electrons. The summed E-state index contributed by atoms with van der Waals surface area (Å²) in [5.41, 5.74) is 1.25. The number of hydrogen-bond acceptors (Lipinski definition) is 5. The molecule has 1 fully saturated rings. The van der Waals surface area contributed by atoms with Gasteiger partial charge in [-0.2, -0.15) is 4.31 Å². The second-order valence-corrected chi connectivity index (χ2v) is 8.42. The van der Waals surface area contributed by atoms with Crippen LogP contribution in [-0.2, 0) is 21.4 Å². The van der Waals surface area contributed by atoms with Gasteiger partial charge in [0.2, 0.25) is 15.9 Å². The van der Waals surface area contributed by atoms with Crippen molar-refractivity contribution in [2.75, 3.05) is 26.2 Å². The average molecular weight is 402 g/mol. The summed E-state index contributed by atoms with van der Waals surface area (Å²) in [7, 11) is -3.65. The summed E-state index contributed by atoms with van der Waals surface area (Å²) >= 11 is 0. The lowest BCUT2D eigenvalue weighted by Gasteiger charge is -2.33. The number of carbonyl (C=O) groups is 2. The molecule has 1 aliphatic rings. The van der Waals surface area contributed by atoms with E-state index in [1.807, 2.05) is 6.07 Å². The zero-order valence-corrected chi connectivity index (χ0v) is 16.4. The van der Waals surface area contributed by atoms with Gasteiger partial charge >= 0.3 is 0 Å². The van der Waals surface area contributed by atoms with Gasteiger partial charge in [0, 0.05) is 57.6 Å². The zero-order chi connectivity index (χ0) is 20.1. The first kappa shape index (κ1) is 20.0. The Hall–Kier alpha value is -2.78. The van der Waals surface area contributed by atoms with Crippen molar-refractivity contribution in [1.29, 1.82) is 0 Å². The SMILES string of the molecule is CC(=O)N1CCN(S(=O)(=O)c2ccc(C(=O)NCc3cccnc3)cc2)CC1. The molecule has 0 saturated carbocycles. The van der Waals surface area contributed by atoms with Gasteiger partial charge < -0.3 is 10.2 Å². The summed E-state index contributed by atoms with van der Waals surface area (Å²) in [6.07, 6.45) is 3.33. The lowest BCUT2D eigenvalue weighted by molar-refractivity contribution is -0.129. The van der Waals surface area contributed by atoms with Crippen molar-refractivity contribution < 1.29 is 18.0 Å². The van der Waals surface area contributed by atoms with Crippen molar-refractivity contribution in [3.63, 3.8) is 0 Å². The van der Waals surface area contributed by atoms with E-state index in [9.17, 15) is 18.0 Å². The summed E-state index contributed by atoms with van der Waals surface area (Å²) in [5, 5.41) is 2.78. The van der Waals surface area contributed by atoms with Crippen LogP contribution in [0.1, 0.15) is 22.8 Å². The first-order valence-electron chi connectivity index (χ1n) is 8.91.